The summed E-state index contributed by atoms with van der Waals surface area (Å²) in [5.74, 6) is 0.391. The molecule has 3 aromatic rings. The van der Waals surface area contributed by atoms with Crippen molar-refractivity contribution in [1.82, 2.24) is 0 Å². The van der Waals surface area contributed by atoms with Crippen LogP contribution in [0, 0.1) is 0 Å². The Balaban J connectivity index is 1.71. The predicted octanol–water partition coefficient (Wildman–Crippen LogP) is 4.47. The summed E-state index contributed by atoms with van der Waals surface area (Å²) in [6.45, 7) is 4.22. The minimum absolute atomic E-state index is 0.214. The van der Waals surface area contributed by atoms with Crippen molar-refractivity contribution in [3.05, 3.63) is 103 Å². The van der Waals surface area contributed by atoms with Gasteiger partial charge in [0.05, 0.1) is 18.5 Å². The maximum Gasteiger partial charge on any atom is 0.255 e. The third-order valence-electron chi connectivity index (χ3n) is 4.47. The Bertz CT molecular complexity index is 1130. The van der Waals surface area contributed by atoms with Crippen LogP contribution in [0.2, 0.25) is 0 Å². The van der Waals surface area contributed by atoms with Crippen LogP contribution in [0.1, 0.15) is 15.9 Å². The number of rotatable bonds is 9. The Morgan fingerprint density at radius 2 is 1.65 bits per heavy atom. The van der Waals surface area contributed by atoms with Gasteiger partial charge in [0, 0.05) is 11.3 Å². The molecule has 1 N–H and O–H groups in total. The SMILES string of the molecule is C=CCOc1ccc(NC(=O)c2ccc(N(Cc3ccccc3)S(C)(=O)=O)cc2)cc1. The lowest BCUT2D eigenvalue weighted by Crippen LogP contribution is -2.29. The zero-order valence-corrected chi connectivity index (χ0v) is 18.0. The van der Waals surface area contributed by atoms with Crippen molar-refractivity contribution in [2.24, 2.45) is 0 Å². The monoisotopic (exact) mass is 436 g/mol. The van der Waals surface area contributed by atoms with Crippen LogP contribution in [0.5, 0.6) is 5.75 Å². The standard InChI is InChI=1S/C24H24N2O4S/c1-3-17-30-23-15-11-21(12-16-23)25-24(27)20-9-13-22(14-10-20)26(31(2,28)29)18-19-7-5-4-6-8-19/h3-16H,1,17-18H2,2H3,(H,25,27). The molecule has 31 heavy (non-hydrogen) atoms. The van der Waals surface area contributed by atoms with E-state index in [-0.39, 0.29) is 12.5 Å². The number of anilines is 2. The Labute approximate surface area is 182 Å². The summed E-state index contributed by atoms with van der Waals surface area (Å²) in [4.78, 5) is 12.6. The highest BCUT2D eigenvalue weighted by Gasteiger charge is 2.18. The van der Waals surface area contributed by atoms with E-state index in [4.69, 9.17) is 4.74 Å². The van der Waals surface area contributed by atoms with Crippen LogP contribution in [0.25, 0.3) is 0 Å². The molecule has 0 aliphatic carbocycles. The number of amides is 1. The van der Waals surface area contributed by atoms with E-state index < -0.39 is 10.0 Å². The van der Waals surface area contributed by atoms with E-state index in [0.29, 0.717) is 29.3 Å². The molecule has 0 aliphatic rings. The fraction of sp³-hybridized carbons (Fsp3) is 0.125. The van der Waals surface area contributed by atoms with Crippen LogP contribution >= 0.6 is 0 Å². The van der Waals surface area contributed by atoms with Gasteiger partial charge in [0.15, 0.2) is 0 Å². The molecule has 3 aromatic carbocycles. The third kappa shape index (κ3) is 6.20. The molecule has 6 nitrogen and oxygen atoms in total. The zero-order chi connectivity index (χ0) is 22.3. The maximum absolute atomic E-state index is 12.6. The van der Waals surface area contributed by atoms with Crippen LogP contribution in [-0.4, -0.2) is 27.2 Å². The molecular weight excluding hydrogens is 412 g/mol. The number of hydrogen-bond acceptors (Lipinski definition) is 4. The summed E-state index contributed by atoms with van der Waals surface area (Å²) >= 11 is 0. The van der Waals surface area contributed by atoms with E-state index in [2.05, 4.69) is 11.9 Å². The number of carbonyl (C=O) groups is 1. The second-order valence-electron chi connectivity index (χ2n) is 6.88. The van der Waals surface area contributed by atoms with E-state index in [1.54, 1.807) is 54.6 Å². The van der Waals surface area contributed by atoms with Crippen molar-refractivity contribution < 1.29 is 17.9 Å². The molecule has 0 radical (unpaired) electrons. The molecular formula is C24H24N2O4S. The van der Waals surface area contributed by atoms with E-state index in [9.17, 15) is 13.2 Å². The molecule has 0 bridgehead atoms. The van der Waals surface area contributed by atoms with Gasteiger partial charge in [-0.05, 0) is 54.1 Å². The zero-order valence-electron chi connectivity index (χ0n) is 17.2. The molecule has 7 heteroatoms. The van der Waals surface area contributed by atoms with Gasteiger partial charge in [-0.1, -0.05) is 43.0 Å². The van der Waals surface area contributed by atoms with Crippen molar-refractivity contribution in [3.8, 4) is 5.75 Å². The van der Waals surface area contributed by atoms with Gasteiger partial charge in [-0.3, -0.25) is 9.10 Å². The van der Waals surface area contributed by atoms with Gasteiger partial charge in [-0.25, -0.2) is 8.42 Å². The van der Waals surface area contributed by atoms with Crippen molar-refractivity contribution in [3.63, 3.8) is 0 Å². The lowest BCUT2D eigenvalue weighted by Gasteiger charge is -2.22. The molecule has 0 atom stereocenters. The van der Waals surface area contributed by atoms with Gasteiger partial charge in [-0.2, -0.15) is 0 Å². The topological polar surface area (TPSA) is 75.7 Å². The van der Waals surface area contributed by atoms with Crippen LogP contribution in [0.4, 0.5) is 11.4 Å². The minimum atomic E-state index is -3.49. The Morgan fingerprint density at radius 1 is 1.00 bits per heavy atom. The minimum Gasteiger partial charge on any atom is -0.490 e. The van der Waals surface area contributed by atoms with Crippen molar-refractivity contribution in [2.45, 2.75) is 6.54 Å². The maximum atomic E-state index is 12.6. The lowest BCUT2D eigenvalue weighted by atomic mass is 10.1. The van der Waals surface area contributed by atoms with Gasteiger partial charge in [-0.15, -0.1) is 0 Å². The number of nitrogens with one attached hydrogen (secondary N) is 1. The average Bonchev–Trinajstić information content (AvgIpc) is 2.77. The summed E-state index contributed by atoms with van der Waals surface area (Å²) < 4.78 is 31.4. The molecule has 0 spiro atoms. The van der Waals surface area contributed by atoms with E-state index in [1.807, 2.05) is 30.3 Å². The molecule has 0 saturated carbocycles. The predicted molar refractivity (Wildman–Crippen MR) is 124 cm³/mol. The first-order valence-corrected chi connectivity index (χ1v) is 11.5. The van der Waals surface area contributed by atoms with Gasteiger partial charge >= 0.3 is 0 Å². The Kier molecular flexibility index (Phi) is 7.10. The molecule has 3 rings (SSSR count). The first-order valence-electron chi connectivity index (χ1n) is 9.63. The molecule has 0 heterocycles. The highest BCUT2D eigenvalue weighted by molar-refractivity contribution is 7.92. The van der Waals surface area contributed by atoms with Crippen molar-refractivity contribution in [1.29, 1.82) is 0 Å². The molecule has 160 valence electrons. The Hall–Kier alpha value is -3.58. The second kappa shape index (κ2) is 9.95. The second-order valence-corrected chi connectivity index (χ2v) is 8.79. The summed E-state index contributed by atoms with van der Waals surface area (Å²) in [7, 11) is -3.49. The van der Waals surface area contributed by atoms with E-state index in [1.165, 1.54) is 10.6 Å². The summed E-state index contributed by atoms with van der Waals surface area (Å²) in [5.41, 5.74) is 2.41. The molecule has 0 fully saturated rings. The van der Waals surface area contributed by atoms with Crippen LogP contribution < -0.4 is 14.4 Å². The van der Waals surface area contributed by atoms with E-state index in [0.717, 1.165) is 5.56 Å². The van der Waals surface area contributed by atoms with Crippen molar-refractivity contribution in [2.75, 3.05) is 22.5 Å². The third-order valence-corrected chi connectivity index (χ3v) is 5.61. The highest BCUT2D eigenvalue weighted by Crippen LogP contribution is 2.22. The van der Waals surface area contributed by atoms with Gasteiger partial charge < -0.3 is 10.1 Å². The first kappa shape index (κ1) is 22.1. The first-order chi connectivity index (χ1) is 14.9. The quantitative estimate of drug-likeness (QED) is 0.502. The number of sulfonamides is 1. The molecule has 0 aliphatic heterocycles. The van der Waals surface area contributed by atoms with Crippen LogP contribution in [0.15, 0.2) is 91.5 Å². The Morgan fingerprint density at radius 3 is 2.23 bits per heavy atom. The normalized spacial score (nSPS) is 10.9. The molecule has 0 unspecified atom stereocenters. The molecule has 0 aromatic heterocycles. The summed E-state index contributed by atoms with van der Waals surface area (Å²) in [6.07, 6.45) is 2.82. The molecule has 1 amide bonds. The lowest BCUT2D eigenvalue weighted by molar-refractivity contribution is 0.102. The smallest absolute Gasteiger partial charge is 0.255 e. The van der Waals surface area contributed by atoms with Crippen LogP contribution in [0.3, 0.4) is 0 Å². The average molecular weight is 437 g/mol. The van der Waals surface area contributed by atoms with Crippen molar-refractivity contribution >= 4 is 27.3 Å². The molecule has 0 saturated heterocycles. The number of hydrogen-bond donors (Lipinski definition) is 1. The highest BCUT2D eigenvalue weighted by atomic mass is 32.2. The van der Waals surface area contributed by atoms with E-state index >= 15 is 0 Å². The number of nitrogens with zero attached hydrogens (tertiary/aromatic N) is 1. The summed E-state index contributed by atoms with van der Waals surface area (Å²) in [5, 5.41) is 2.81. The number of carbonyl (C=O) groups excluding carboxylic acids is 1. The summed E-state index contributed by atoms with van der Waals surface area (Å²) in [6, 6.07) is 22.8. The largest absolute Gasteiger partial charge is 0.490 e. The fourth-order valence-corrected chi connectivity index (χ4v) is 3.81. The van der Waals surface area contributed by atoms with Gasteiger partial charge in [0.1, 0.15) is 12.4 Å². The fourth-order valence-electron chi connectivity index (χ4n) is 2.92. The van der Waals surface area contributed by atoms with Gasteiger partial charge in [0.2, 0.25) is 10.0 Å². The number of benzene rings is 3. The van der Waals surface area contributed by atoms with Crippen LogP contribution in [-0.2, 0) is 16.6 Å². The van der Waals surface area contributed by atoms with Gasteiger partial charge in [0.25, 0.3) is 5.91 Å². The number of ether oxygens (including phenoxy) is 1.